The SMILES string of the molecule is CC(=O)SCCC(F)CC(F)(F)C(F)C(F)(F)F. The van der Waals surface area contributed by atoms with Crippen LogP contribution in [0.4, 0.5) is 30.7 Å². The second-order valence-corrected chi connectivity index (χ2v) is 4.87. The minimum Gasteiger partial charge on any atom is -0.288 e. The first-order valence-corrected chi connectivity index (χ1v) is 5.81. The summed E-state index contributed by atoms with van der Waals surface area (Å²) in [6, 6.07) is 0. The standard InChI is InChI=1S/C9H11F7OS/c1-5(17)18-3-2-6(10)4-8(12,13)7(11)9(14,15)16/h6-7H,2-4H2,1H3. The molecule has 0 fully saturated rings. The van der Waals surface area contributed by atoms with Crippen molar-refractivity contribution in [2.75, 3.05) is 5.75 Å². The average molecular weight is 300 g/mol. The van der Waals surface area contributed by atoms with E-state index in [9.17, 15) is 35.5 Å². The lowest BCUT2D eigenvalue weighted by Crippen LogP contribution is -2.43. The summed E-state index contributed by atoms with van der Waals surface area (Å²) in [7, 11) is 0. The summed E-state index contributed by atoms with van der Waals surface area (Å²) in [6.07, 6.45) is -14.8. The van der Waals surface area contributed by atoms with E-state index in [-0.39, 0.29) is 10.9 Å². The zero-order valence-electron chi connectivity index (χ0n) is 9.24. The number of halogens is 7. The molecule has 0 bridgehead atoms. The first-order valence-electron chi connectivity index (χ1n) is 4.83. The molecule has 0 saturated heterocycles. The number of carbonyl (C=O) groups excluding carboxylic acids is 1. The molecule has 0 rings (SSSR count). The van der Waals surface area contributed by atoms with Gasteiger partial charge in [-0.25, -0.2) is 17.6 Å². The Bertz CT molecular complexity index is 279. The highest BCUT2D eigenvalue weighted by Crippen LogP contribution is 2.38. The number of hydrogen-bond acceptors (Lipinski definition) is 2. The fourth-order valence-corrected chi connectivity index (χ4v) is 1.73. The van der Waals surface area contributed by atoms with Gasteiger partial charge in [-0.2, -0.15) is 13.2 Å². The van der Waals surface area contributed by atoms with Gasteiger partial charge in [-0.15, -0.1) is 0 Å². The van der Waals surface area contributed by atoms with Crippen molar-refractivity contribution in [3.05, 3.63) is 0 Å². The smallest absolute Gasteiger partial charge is 0.288 e. The van der Waals surface area contributed by atoms with E-state index in [0.717, 1.165) is 0 Å². The molecule has 18 heavy (non-hydrogen) atoms. The molecule has 1 nitrogen and oxygen atoms in total. The lowest BCUT2D eigenvalue weighted by molar-refractivity contribution is -0.248. The molecule has 0 radical (unpaired) electrons. The Morgan fingerprint density at radius 2 is 1.67 bits per heavy atom. The van der Waals surface area contributed by atoms with Gasteiger partial charge in [0, 0.05) is 19.1 Å². The Balaban J connectivity index is 4.27. The third kappa shape index (κ3) is 6.46. The van der Waals surface area contributed by atoms with E-state index in [1.807, 2.05) is 0 Å². The van der Waals surface area contributed by atoms with E-state index < -0.39 is 37.3 Å². The van der Waals surface area contributed by atoms with Gasteiger partial charge in [-0.1, -0.05) is 11.8 Å². The summed E-state index contributed by atoms with van der Waals surface area (Å²) in [5.41, 5.74) is 0. The summed E-state index contributed by atoms with van der Waals surface area (Å²) in [5.74, 6) is -4.95. The molecule has 0 heterocycles. The molecule has 0 aromatic carbocycles. The van der Waals surface area contributed by atoms with Crippen molar-refractivity contribution < 1.29 is 35.5 Å². The van der Waals surface area contributed by atoms with Gasteiger partial charge in [0.15, 0.2) is 5.12 Å². The maximum absolute atomic E-state index is 13.0. The van der Waals surface area contributed by atoms with Gasteiger partial charge in [0.2, 0.25) is 0 Å². The highest BCUT2D eigenvalue weighted by molar-refractivity contribution is 8.13. The molecule has 0 amide bonds. The van der Waals surface area contributed by atoms with Crippen molar-refractivity contribution in [1.82, 2.24) is 0 Å². The lowest BCUT2D eigenvalue weighted by Gasteiger charge is -2.23. The van der Waals surface area contributed by atoms with E-state index in [0.29, 0.717) is 11.8 Å². The molecule has 0 aromatic rings. The van der Waals surface area contributed by atoms with Crippen molar-refractivity contribution >= 4 is 16.9 Å². The van der Waals surface area contributed by atoms with Crippen LogP contribution in [0.3, 0.4) is 0 Å². The Kier molecular flexibility index (Phi) is 6.45. The van der Waals surface area contributed by atoms with Crippen LogP contribution in [0.2, 0.25) is 0 Å². The van der Waals surface area contributed by atoms with Crippen LogP contribution < -0.4 is 0 Å². The van der Waals surface area contributed by atoms with E-state index in [1.54, 1.807) is 0 Å². The van der Waals surface area contributed by atoms with Crippen LogP contribution in [0, 0.1) is 0 Å². The molecule has 0 aliphatic heterocycles. The number of thioether (sulfide) groups is 1. The Morgan fingerprint density at radius 1 is 1.17 bits per heavy atom. The molecule has 0 saturated carbocycles. The van der Waals surface area contributed by atoms with Crippen molar-refractivity contribution in [2.45, 2.75) is 44.2 Å². The Hall–Kier alpha value is -0.470. The van der Waals surface area contributed by atoms with Gasteiger partial charge >= 0.3 is 6.18 Å². The molecule has 2 atom stereocenters. The first-order chi connectivity index (χ1) is 7.97. The predicted molar refractivity (Wildman–Crippen MR) is 53.2 cm³/mol. The van der Waals surface area contributed by atoms with Crippen LogP contribution in [0.5, 0.6) is 0 Å². The van der Waals surface area contributed by atoms with Crippen molar-refractivity contribution in [2.24, 2.45) is 0 Å². The minimum absolute atomic E-state index is 0.143. The maximum Gasteiger partial charge on any atom is 0.425 e. The third-order valence-corrected chi connectivity index (χ3v) is 2.73. The molecule has 108 valence electrons. The molecule has 0 N–H and O–H groups in total. The predicted octanol–water partition coefficient (Wildman–Crippen LogP) is 3.92. The van der Waals surface area contributed by atoms with Gasteiger partial charge in [0.25, 0.3) is 12.1 Å². The van der Waals surface area contributed by atoms with Crippen LogP contribution >= 0.6 is 11.8 Å². The molecule has 2 unspecified atom stereocenters. The summed E-state index contributed by atoms with van der Waals surface area (Å²) in [5, 5.41) is -0.368. The quantitative estimate of drug-likeness (QED) is 0.692. The fourth-order valence-electron chi connectivity index (χ4n) is 1.07. The molecule has 0 spiro atoms. The Morgan fingerprint density at radius 3 is 2.06 bits per heavy atom. The number of alkyl halides is 7. The monoisotopic (exact) mass is 300 g/mol. The summed E-state index contributed by atoms with van der Waals surface area (Å²) < 4.78 is 86.0. The van der Waals surface area contributed by atoms with Crippen LogP contribution in [-0.2, 0) is 4.79 Å². The van der Waals surface area contributed by atoms with Gasteiger partial charge in [-0.3, -0.25) is 4.79 Å². The van der Waals surface area contributed by atoms with Crippen molar-refractivity contribution in [1.29, 1.82) is 0 Å². The number of carbonyl (C=O) groups is 1. The zero-order chi connectivity index (χ0) is 14.6. The van der Waals surface area contributed by atoms with E-state index in [2.05, 4.69) is 0 Å². The normalized spacial score (nSPS) is 16.4. The van der Waals surface area contributed by atoms with Gasteiger partial charge in [-0.05, 0) is 6.42 Å². The molecule has 0 aliphatic rings. The summed E-state index contributed by atoms with van der Waals surface area (Å²) in [4.78, 5) is 10.4. The number of rotatable bonds is 6. The Labute approximate surface area is 103 Å². The maximum atomic E-state index is 13.0. The lowest BCUT2D eigenvalue weighted by atomic mass is 10.1. The molecule has 0 aromatic heterocycles. The minimum atomic E-state index is -5.72. The molecular formula is C9H11F7OS. The second-order valence-electron chi connectivity index (χ2n) is 3.60. The van der Waals surface area contributed by atoms with Crippen LogP contribution in [0.1, 0.15) is 19.8 Å². The number of hydrogen-bond donors (Lipinski definition) is 0. The first kappa shape index (κ1) is 17.5. The second kappa shape index (κ2) is 6.63. The van der Waals surface area contributed by atoms with E-state index in [4.69, 9.17) is 0 Å². The van der Waals surface area contributed by atoms with Crippen molar-refractivity contribution in [3.63, 3.8) is 0 Å². The van der Waals surface area contributed by atoms with Crippen LogP contribution in [-0.4, -0.2) is 35.3 Å². The van der Waals surface area contributed by atoms with Crippen molar-refractivity contribution in [3.8, 4) is 0 Å². The average Bonchev–Trinajstić information content (AvgIpc) is 2.13. The van der Waals surface area contributed by atoms with Crippen LogP contribution in [0.15, 0.2) is 0 Å². The summed E-state index contributed by atoms with van der Waals surface area (Å²) in [6.45, 7) is 1.17. The van der Waals surface area contributed by atoms with Gasteiger partial charge in [0.1, 0.15) is 6.17 Å². The molecule has 0 aliphatic carbocycles. The largest absolute Gasteiger partial charge is 0.425 e. The van der Waals surface area contributed by atoms with Gasteiger partial charge in [0.05, 0.1) is 0 Å². The fraction of sp³-hybridized carbons (Fsp3) is 0.889. The zero-order valence-corrected chi connectivity index (χ0v) is 10.1. The highest BCUT2D eigenvalue weighted by atomic mass is 32.2. The van der Waals surface area contributed by atoms with E-state index >= 15 is 0 Å². The van der Waals surface area contributed by atoms with Gasteiger partial charge < -0.3 is 0 Å². The molecular weight excluding hydrogens is 289 g/mol. The highest BCUT2D eigenvalue weighted by Gasteiger charge is 2.57. The summed E-state index contributed by atoms with van der Waals surface area (Å²) >= 11 is 0.660. The van der Waals surface area contributed by atoms with Crippen LogP contribution in [0.25, 0.3) is 0 Å². The third-order valence-electron chi connectivity index (χ3n) is 1.89. The molecule has 9 heteroatoms. The van der Waals surface area contributed by atoms with E-state index in [1.165, 1.54) is 6.92 Å². The topological polar surface area (TPSA) is 17.1 Å².